The summed E-state index contributed by atoms with van der Waals surface area (Å²) in [6.07, 6.45) is 5.98. The van der Waals surface area contributed by atoms with Crippen LogP contribution in [0.2, 0.25) is 0 Å². The maximum Gasteiger partial charge on any atom is 0.227 e. The number of hydrogen-bond donors (Lipinski definition) is 1. The van der Waals surface area contributed by atoms with E-state index in [0.717, 1.165) is 13.0 Å². The number of amides is 1. The molecule has 3 nitrogen and oxygen atoms in total. The summed E-state index contributed by atoms with van der Waals surface area (Å²) in [6.45, 7) is 5.49. The number of fused-ring (bicyclic) bond motifs is 2. The fourth-order valence-electron chi connectivity index (χ4n) is 4.07. The lowest BCUT2D eigenvalue weighted by Gasteiger charge is -2.32. The molecule has 1 amide bonds. The van der Waals surface area contributed by atoms with Gasteiger partial charge in [-0.25, -0.2) is 0 Å². The highest BCUT2D eigenvalue weighted by Crippen LogP contribution is 2.36. The third kappa shape index (κ3) is 1.88. The van der Waals surface area contributed by atoms with Crippen LogP contribution in [0.25, 0.3) is 0 Å². The van der Waals surface area contributed by atoms with E-state index >= 15 is 0 Å². The summed E-state index contributed by atoms with van der Waals surface area (Å²) in [6, 6.07) is 1.62. The van der Waals surface area contributed by atoms with Crippen LogP contribution in [0.4, 0.5) is 0 Å². The van der Waals surface area contributed by atoms with Crippen LogP contribution in [0.1, 0.15) is 46.0 Å². The molecule has 1 N–H and O–H groups in total. The van der Waals surface area contributed by atoms with E-state index in [4.69, 9.17) is 0 Å². The molecule has 0 spiro atoms. The van der Waals surface area contributed by atoms with Gasteiger partial charge in [-0.05, 0) is 38.0 Å². The molecular formula is C14H24N2O. The Morgan fingerprint density at radius 2 is 2.12 bits per heavy atom. The molecule has 3 rings (SSSR count). The molecule has 17 heavy (non-hydrogen) atoms. The van der Waals surface area contributed by atoms with Crippen molar-refractivity contribution in [2.24, 2.45) is 11.8 Å². The zero-order valence-corrected chi connectivity index (χ0v) is 11.0. The molecule has 0 aliphatic carbocycles. The quantitative estimate of drug-likeness (QED) is 0.792. The highest BCUT2D eigenvalue weighted by Gasteiger charge is 2.45. The van der Waals surface area contributed by atoms with Crippen LogP contribution in [-0.4, -0.2) is 35.5 Å². The van der Waals surface area contributed by atoms with E-state index in [1.807, 2.05) is 0 Å². The van der Waals surface area contributed by atoms with E-state index in [1.165, 1.54) is 25.7 Å². The smallest absolute Gasteiger partial charge is 0.227 e. The Balaban J connectivity index is 1.69. The summed E-state index contributed by atoms with van der Waals surface area (Å²) >= 11 is 0. The van der Waals surface area contributed by atoms with Crippen molar-refractivity contribution in [3.05, 3.63) is 0 Å². The second kappa shape index (κ2) is 4.27. The molecule has 3 fully saturated rings. The fraction of sp³-hybridized carbons (Fsp3) is 0.929. The first kappa shape index (κ1) is 11.5. The SMILES string of the molecule is CC(C)C1CCCN1C(=O)C1CC2CCC1N2. The number of nitrogens with one attached hydrogen (secondary N) is 1. The highest BCUT2D eigenvalue weighted by molar-refractivity contribution is 5.81. The van der Waals surface area contributed by atoms with Gasteiger partial charge in [0.1, 0.15) is 0 Å². The molecule has 96 valence electrons. The first-order valence-corrected chi connectivity index (χ1v) is 7.23. The lowest BCUT2D eigenvalue weighted by Crippen LogP contribution is -2.45. The number of carbonyl (C=O) groups is 1. The van der Waals surface area contributed by atoms with Gasteiger partial charge in [0, 0.05) is 24.7 Å². The predicted octanol–water partition coefficient (Wildman–Crippen LogP) is 1.77. The molecule has 0 aromatic carbocycles. The van der Waals surface area contributed by atoms with E-state index in [-0.39, 0.29) is 5.92 Å². The summed E-state index contributed by atoms with van der Waals surface area (Å²) in [4.78, 5) is 14.8. The average molecular weight is 236 g/mol. The minimum Gasteiger partial charge on any atom is -0.339 e. The molecule has 3 saturated heterocycles. The van der Waals surface area contributed by atoms with Crippen molar-refractivity contribution in [1.29, 1.82) is 0 Å². The van der Waals surface area contributed by atoms with Gasteiger partial charge in [-0.2, -0.15) is 0 Å². The van der Waals surface area contributed by atoms with E-state index in [2.05, 4.69) is 24.1 Å². The van der Waals surface area contributed by atoms with Crippen LogP contribution < -0.4 is 5.32 Å². The monoisotopic (exact) mass is 236 g/mol. The molecule has 4 atom stereocenters. The van der Waals surface area contributed by atoms with Crippen molar-refractivity contribution in [2.75, 3.05) is 6.54 Å². The predicted molar refractivity (Wildman–Crippen MR) is 67.6 cm³/mol. The van der Waals surface area contributed by atoms with Crippen molar-refractivity contribution < 1.29 is 4.79 Å². The summed E-state index contributed by atoms with van der Waals surface area (Å²) in [5, 5.41) is 3.58. The topological polar surface area (TPSA) is 32.3 Å². The number of nitrogens with zero attached hydrogens (tertiary/aromatic N) is 1. The van der Waals surface area contributed by atoms with E-state index < -0.39 is 0 Å². The van der Waals surface area contributed by atoms with Gasteiger partial charge in [0.2, 0.25) is 5.91 Å². The van der Waals surface area contributed by atoms with Gasteiger partial charge in [-0.15, -0.1) is 0 Å². The van der Waals surface area contributed by atoms with E-state index in [9.17, 15) is 4.79 Å². The molecule has 2 bridgehead atoms. The van der Waals surface area contributed by atoms with Gasteiger partial charge in [-0.3, -0.25) is 4.79 Å². The molecule has 4 unspecified atom stereocenters. The Bertz CT molecular complexity index is 315. The second-order valence-corrected chi connectivity index (χ2v) is 6.37. The molecular weight excluding hydrogens is 212 g/mol. The lowest BCUT2D eigenvalue weighted by atomic mass is 9.87. The van der Waals surface area contributed by atoms with Gasteiger partial charge < -0.3 is 10.2 Å². The first-order valence-electron chi connectivity index (χ1n) is 7.23. The minimum absolute atomic E-state index is 0.285. The van der Waals surface area contributed by atoms with Gasteiger partial charge in [0.05, 0.1) is 5.92 Å². The van der Waals surface area contributed by atoms with Crippen molar-refractivity contribution in [3.63, 3.8) is 0 Å². The van der Waals surface area contributed by atoms with Gasteiger partial charge in [0.25, 0.3) is 0 Å². The van der Waals surface area contributed by atoms with Crippen LogP contribution in [-0.2, 0) is 4.79 Å². The Morgan fingerprint density at radius 1 is 1.29 bits per heavy atom. The van der Waals surface area contributed by atoms with Crippen molar-refractivity contribution in [2.45, 2.75) is 64.1 Å². The third-order valence-electron chi connectivity index (χ3n) is 4.97. The van der Waals surface area contributed by atoms with Crippen LogP contribution >= 0.6 is 0 Å². The largest absolute Gasteiger partial charge is 0.339 e. The third-order valence-corrected chi connectivity index (χ3v) is 4.97. The summed E-state index contributed by atoms with van der Waals surface area (Å²) < 4.78 is 0. The molecule has 0 aromatic rings. The average Bonchev–Trinajstić information content (AvgIpc) is 3.02. The maximum atomic E-state index is 12.6. The van der Waals surface area contributed by atoms with Gasteiger partial charge in [0.15, 0.2) is 0 Å². The van der Waals surface area contributed by atoms with Crippen molar-refractivity contribution >= 4 is 5.91 Å². The van der Waals surface area contributed by atoms with Crippen LogP contribution in [0.15, 0.2) is 0 Å². The normalized spacial score (nSPS) is 40.5. The highest BCUT2D eigenvalue weighted by atomic mass is 16.2. The minimum atomic E-state index is 0.285. The standard InChI is InChI=1S/C14H24N2O/c1-9(2)13-4-3-7-16(13)14(17)11-8-10-5-6-12(11)15-10/h9-13,15H,3-8H2,1-2H3. The number of likely N-dealkylation sites (tertiary alicyclic amines) is 1. The Kier molecular flexibility index (Phi) is 2.89. The molecule has 3 heteroatoms. The van der Waals surface area contributed by atoms with E-state index in [1.54, 1.807) is 0 Å². The molecule has 0 aromatic heterocycles. The Hall–Kier alpha value is -0.570. The van der Waals surface area contributed by atoms with Crippen LogP contribution in [0, 0.1) is 11.8 Å². The molecule has 3 aliphatic rings. The van der Waals surface area contributed by atoms with E-state index in [0.29, 0.717) is 30.0 Å². The lowest BCUT2D eigenvalue weighted by molar-refractivity contribution is -0.137. The maximum absolute atomic E-state index is 12.6. The number of hydrogen-bond acceptors (Lipinski definition) is 2. The number of carbonyl (C=O) groups excluding carboxylic acids is 1. The zero-order chi connectivity index (χ0) is 12.0. The van der Waals surface area contributed by atoms with Crippen molar-refractivity contribution in [3.8, 4) is 0 Å². The Morgan fingerprint density at radius 3 is 2.71 bits per heavy atom. The Labute approximate surface area is 104 Å². The van der Waals surface area contributed by atoms with Crippen LogP contribution in [0.3, 0.4) is 0 Å². The number of rotatable bonds is 2. The fourth-order valence-corrected chi connectivity index (χ4v) is 4.07. The first-order chi connectivity index (χ1) is 8.16. The van der Waals surface area contributed by atoms with Gasteiger partial charge in [-0.1, -0.05) is 13.8 Å². The molecule has 3 aliphatic heterocycles. The summed E-state index contributed by atoms with van der Waals surface area (Å²) in [5.41, 5.74) is 0. The zero-order valence-electron chi connectivity index (χ0n) is 11.0. The molecule has 0 radical (unpaired) electrons. The van der Waals surface area contributed by atoms with Crippen LogP contribution in [0.5, 0.6) is 0 Å². The van der Waals surface area contributed by atoms with Crippen molar-refractivity contribution in [1.82, 2.24) is 10.2 Å². The van der Waals surface area contributed by atoms with Gasteiger partial charge >= 0.3 is 0 Å². The summed E-state index contributed by atoms with van der Waals surface area (Å²) in [7, 11) is 0. The molecule has 0 saturated carbocycles. The summed E-state index contributed by atoms with van der Waals surface area (Å²) in [5.74, 6) is 1.34. The second-order valence-electron chi connectivity index (χ2n) is 6.37. The molecule has 3 heterocycles.